The Labute approximate surface area is 83.1 Å². The summed E-state index contributed by atoms with van der Waals surface area (Å²) >= 11 is 0. The average molecular weight is 187 g/mol. The van der Waals surface area contributed by atoms with Gasteiger partial charge in [0.05, 0.1) is 0 Å². The van der Waals surface area contributed by atoms with Crippen LogP contribution >= 0.6 is 0 Å². The molecule has 80 valence electrons. The fraction of sp³-hybridized carbons (Fsp3) is 0.909. The number of rotatable bonds is 3. The minimum absolute atomic E-state index is 0.0547. The number of carbonyl (C=O) groups excluding carboxylic acids is 1. The van der Waals surface area contributed by atoms with E-state index in [1.165, 1.54) is 0 Å². The van der Waals surface area contributed by atoms with Crippen molar-refractivity contribution in [3.05, 3.63) is 0 Å². The molecule has 0 saturated carbocycles. The van der Waals surface area contributed by atoms with Crippen LogP contribution in [0.5, 0.6) is 0 Å². The maximum Gasteiger partial charge on any atom is 0.217 e. The second-order valence-corrected chi connectivity index (χ2v) is 3.76. The highest BCUT2D eigenvalue weighted by atomic mass is 16.1. The van der Waals surface area contributed by atoms with Crippen LogP contribution in [0.3, 0.4) is 0 Å². The van der Waals surface area contributed by atoms with Gasteiger partial charge >= 0.3 is 0 Å². The Hall–Kier alpha value is -0.530. The average Bonchev–Trinajstić information content (AvgIpc) is 2.07. The lowest BCUT2D eigenvalue weighted by Crippen LogP contribution is -2.41. The first kappa shape index (κ1) is 15.0. The van der Waals surface area contributed by atoms with Crippen LogP contribution in [0.15, 0.2) is 0 Å². The Morgan fingerprint density at radius 1 is 1.38 bits per heavy atom. The molecule has 13 heavy (non-hydrogen) atoms. The van der Waals surface area contributed by atoms with Crippen LogP contribution in [0.25, 0.3) is 0 Å². The largest absolute Gasteiger partial charge is 0.353 e. The normalized spacial score (nSPS) is 12.5. The van der Waals surface area contributed by atoms with E-state index in [-0.39, 0.29) is 17.4 Å². The highest BCUT2D eigenvalue weighted by Gasteiger charge is 2.23. The van der Waals surface area contributed by atoms with Gasteiger partial charge in [-0.1, -0.05) is 34.6 Å². The van der Waals surface area contributed by atoms with E-state index in [0.717, 1.165) is 6.42 Å². The van der Waals surface area contributed by atoms with E-state index in [1.807, 2.05) is 20.8 Å². The molecule has 1 N–H and O–H groups in total. The molecule has 1 unspecified atom stereocenters. The van der Waals surface area contributed by atoms with Crippen LogP contribution in [0.2, 0.25) is 0 Å². The van der Waals surface area contributed by atoms with Gasteiger partial charge in [0, 0.05) is 13.0 Å². The molecule has 0 aliphatic rings. The van der Waals surface area contributed by atoms with E-state index >= 15 is 0 Å². The number of hydrogen-bond acceptors (Lipinski definition) is 1. The van der Waals surface area contributed by atoms with Crippen LogP contribution < -0.4 is 5.32 Å². The third-order valence-corrected chi connectivity index (χ3v) is 2.50. The standard InChI is InChI=1S/C9H19NO.C2H6/c1-6-9(4,5)7(2)10-8(3)11;1-2/h7H,6H2,1-5H3,(H,10,11);1-2H3. The fourth-order valence-corrected chi connectivity index (χ4v) is 0.806. The molecule has 2 nitrogen and oxygen atoms in total. The van der Waals surface area contributed by atoms with Crippen LogP contribution in [-0.4, -0.2) is 11.9 Å². The van der Waals surface area contributed by atoms with Gasteiger partial charge in [0.1, 0.15) is 0 Å². The molecule has 0 aromatic heterocycles. The van der Waals surface area contributed by atoms with Gasteiger partial charge < -0.3 is 5.32 Å². The molecule has 0 aromatic rings. The second kappa shape index (κ2) is 6.93. The van der Waals surface area contributed by atoms with Gasteiger partial charge in [0.2, 0.25) is 5.91 Å². The molecule has 0 aliphatic heterocycles. The zero-order valence-corrected chi connectivity index (χ0v) is 10.2. The molecule has 1 atom stereocenters. The van der Waals surface area contributed by atoms with Crippen molar-refractivity contribution >= 4 is 5.91 Å². The van der Waals surface area contributed by atoms with Crippen molar-refractivity contribution in [2.45, 2.75) is 60.9 Å². The monoisotopic (exact) mass is 187 g/mol. The Kier molecular flexibility index (Phi) is 7.98. The molecule has 0 fully saturated rings. The highest BCUT2D eigenvalue weighted by Crippen LogP contribution is 2.24. The van der Waals surface area contributed by atoms with Crippen molar-refractivity contribution in [1.82, 2.24) is 5.32 Å². The summed E-state index contributed by atoms with van der Waals surface area (Å²) in [5.41, 5.74) is 0.200. The van der Waals surface area contributed by atoms with Crippen molar-refractivity contribution in [2.75, 3.05) is 0 Å². The third kappa shape index (κ3) is 6.62. The zero-order valence-electron chi connectivity index (χ0n) is 10.2. The molecule has 0 bridgehead atoms. The molecule has 2 heteroatoms. The minimum atomic E-state index is 0.0547. The predicted octanol–water partition coefficient (Wildman–Crippen LogP) is 2.97. The van der Waals surface area contributed by atoms with Crippen molar-refractivity contribution in [2.24, 2.45) is 5.41 Å². The molecule has 0 heterocycles. The van der Waals surface area contributed by atoms with E-state index in [1.54, 1.807) is 6.92 Å². The number of carbonyl (C=O) groups is 1. The smallest absolute Gasteiger partial charge is 0.217 e. The Bertz CT molecular complexity index is 141. The van der Waals surface area contributed by atoms with E-state index in [9.17, 15) is 4.79 Å². The minimum Gasteiger partial charge on any atom is -0.353 e. The fourth-order valence-electron chi connectivity index (χ4n) is 0.806. The maximum atomic E-state index is 10.7. The molecule has 1 amide bonds. The molecular weight excluding hydrogens is 162 g/mol. The SMILES string of the molecule is CC.CCC(C)(C)C(C)NC(C)=O. The van der Waals surface area contributed by atoms with E-state index in [0.29, 0.717) is 0 Å². The highest BCUT2D eigenvalue weighted by molar-refractivity contribution is 5.73. The van der Waals surface area contributed by atoms with Gasteiger partial charge in [-0.2, -0.15) is 0 Å². The molecule has 0 radical (unpaired) electrons. The summed E-state index contributed by atoms with van der Waals surface area (Å²) in [5.74, 6) is 0.0547. The summed E-state index contributed by atoms with van der Waals surface area (Å²) in [7, 11) is 0. The van der Waals surface area contributed by atoms with Gasteiger partial charge in [0.15, 0.2) is 0 Å². The molecular formula is C11H25NO. The quantitative estimate of drug-likeness (QED) is 0.723. The predicted molar refractivity (Wildman–Crippen MR) is 58.7 cm³/mol. The van der Waals surface area contributed by atoms with Gasteiger partial charge in [-0.05, 0) is 18.8 Å². The Morgan fingerprint density at radius 2 is 1.77 bits per heavy atom. The van der Waals surface area contributed by atoms with Crippen LogP contribution in [0.4, 0.5) is 0 Å². The Balaban J connectivity index is 0. The molecule has 0 aromatic carbocycles. The Morgan fingerprint density at radius 3 is 2.00 bits per heavy atom. The van der Waals surface area contributed by atoms with Gasteiger partial charge in [-0.25, -0.2) is 0 Å². The van der Waals surface area contributed by atoms with Crippen molar-refractivity contribution in [1.29, 1.82) is 0 Å². The molecule has 0 aliphatic carbocycles. The van der Waals surface area contributed by atoms with Crippen LogP contribution in [0.1, 0.15) is 54.9 Å². The lowest BCUT2D eigenvalue weighted by Gasteiger charge is -2.30. The van der Waals surface area contributed by atoms with Gasteiger partial charge in [0.25, 0.3) is 0 Å². The molecule has 0 rings (SSSR count). The summed E-state index contributed by atoms with van der Waals surface area (Å²) in [6.07, 6.45) is 1.08. The van der Waals surface area contributed by atoms with E-state index in [4.69, 9.17) is 0 Å². The first-order valence-corrected chi connectivity index (χ1v) is 5.17. The summed E-state index contributed by atoms with van der Waals surface area (Å²) in [4.78, 5) is 10.7. The van der Waals surface area contributed by atoms with Crippen molar-refractivity contribution < 1.29 is 4.79 Å². The maximum absolute atomic E-state index is 10.7. The summed E-state index contributed by atoms with van der Waals surface area (Å²) in [6, 6.07) is 0.255. The molecule has 0 saturated heterocycles. The van der Waals surface area contributed by atoms with Crippen LogP contribution in [-0.2, 0) is 4.79 Å². The summed E-state index contributed by atoms with van der Waals surface area (Å²) < 4.78 is 0. The van der Waals surface area contributed by atoms with E-state index in [2.05, 4.69) is 26.1 Å². The molecule has 0 spiro atoms. The van der Waals surface area contributed by atoms with Gasteiger partial charge in [-0.15, -0.1) is 0 Å². The second-order valence-electron chi connectivity index (χ2n) is 3.76. The topological polar surface area (TPSA) is 29.1 Å². The summed E-state index contributed by atoms with van der Waals surface area (Å²) in [6.45, 7) is 14.1. The lowest BCUT2D eigenvalue weighted by atomic mass is 9.83. The third-order valence-electron chi connectivity index (χ3n) is 2.50. The first-order chi connectivity index (χ1) is 5.90. The van der Waals surface area contributed by atoms with Gasteiger partial charge in [-0.3, -0.25) is 4.79 Å². The van der Waals surface area contributed by atoms with E-state index < -0.39 is 0 Å². The number of nitrogens with one attached hydrogen (secondary N) is 1. The van der Waals surface area contributed by atoms with Crippen molar-refractivity contribution in [3.63, 3.8) is 0 Å². The summed E-state index contributed by atoms with van der Waals surface area (Å²) in [5, 5.41) is 2.90. The van der Waals surface area contributed by atoms with Crippen molar-refractivity contribution in [3.8, 4) is 0 Å². The first-order valence-electron chi connectivity index (χ1n) is 5.17. The number of amides is 1. The zero-order chi connectivity index (χ0) is 11.1. The number of hydrogen-bond donors (Lipinski definition) is 1. The van der Waals surface area contributed by atoms with Crippen LogP contribution in [0, 0.1) is 5.41 Å². The lowest BCUT2D eigenvalue weighted by molar-refractivity contribution is -0.120.